The van der Waals surface area contributed by atoms with E-state index < -0.39 is 0 Å². The Balaban J connectivity index is 2.13. The topological polar surface area (TPSA) is 33.2 Å². The molecule has 0 amide bonds. The van der Waals surface area contributed by atoms with Gasteiger partial charge in [-0.2, -0.15) is 0 Å². The molecular formula is C16H26N2OS. The number of carbonyl (C=O) groups excluding carboxylic acids is 1. The lowest BCUT2D eigenvalue weighted by Crippen LogP contribution is -2.24. The van der Waals surface area contributed by atoms with Crippen molar-refractivity contribution < 1.29 is 4.79 Å². The Morgan fingerprint density at radius 2 is 2.00 bits per heavy atom. The van der Waals surface area contributed by atoms with Gasteiger partial charge in [-0.25, -0.2) is 4.98 Å². The van der Waals surface area contributed by atoms with Gasteiger partial charge in [0.25, 0.3) is 0 Å². The minimum Gasteiger partial charge on any atom is -0.348 e. The molecule has 0 spiro atoms. The third-order valence-electron chi connectivity index (χ3n) is 4.31. The summed E-state index contributed by atoms with van der Waals surface area (Å²) in [6.45, 7) is 11.0. The standard InChI is InChI=1S/C16H26N2OS/c1-11(2)13-6-5-8-18(9-7-13)16-17-15(12(3)4)14(10-19)20-16/h10-13H,5-9H2,1-4H3. The Labute approximate surface area is 126 Å². The van der Waals surface area contributed by atoms with E-state index in [0.717, 1.165) is 46.9 Å². The van der Waals surface area contributed by atoms with E-state index in [9.17, 15) is 4.79 Å². The van der Waals surface area contributed by atoms with Crippen molar-refractivity contribution in [2.24, 2.45) is 11.8 Å². The summed E-state index contributed by atoms with van der Waals surface area (Å²) in [6.07, 6.45) is 4.75. The molecule has 1 fully saturated rings. The smallest absolute Gasteiger partial charge is 0.186 e. The summed E-state index contributed by atoms with van der Waals surface area (Å²) in [5, 5.41) is 1.04. The number of aldehydes is 1. The van der Waals surface area contributed by atoms with E-state index >= 15 is 0 Å². The summed E-state index contributed by atoms with van der Waals surface area (Å²) in [5.74, 6) is 1.91. The van der Waals surface area contributed by atoms with Crippen molar-refractivity contribution in [1.82, 2.24) is 4.98 Å². The fraction of sp³-hybridized carbons (Fsp3) is 0.750. The zero-order chi connectivity index (χ0) is 14.7. The lowest BCUT2D eigenvalue weighted by atomic mass is 9.89. The van der Waals surface area contributed by atoms with Gasteiger partial charge >= 0.3 is 0 Å². The first-order valence-corrected chi connectivity index (χ1v) is 8.55. The highest BCUT2D eigenvalue weighted by Crippen LogP contribution is 2.32. The van der Waals surface area contributed by atoms with Crippen LogP contribution >= 0.6 is 11.3 Å². The minimum atomic E-state index is 0.315. The number of anilines is 1. The number of nitrogens with zero attached hydrogens (tertiary/aromatic N) is 2. The number of carbonyl (C=O) groups is 1. The van der Waals surface area contributed by atoms with Gasteiger partial charge in [-0.05, 0) is 37.0 Å². The molecule has 112 valence electrons. The van der Waals surface area contributed by atoms with Crippen LogP contribution in [0.4, 0.5) is 5.13 Å². The summed E-state index contributed by atoms with van der Waals surface area (Å²) < 4.78 is 0. The average molecular weight is 294 g/mol. The van der Waals surface area contributed by atoms with Crippen LogP contribution in [0.25, 0.3) is 0 Å². The molecule has 1 unspecified atom stereocenters. The monoisotopic (exact) mass is 294 g/mol. The zero-order valence-corrected chi connectivity index (χ0v) is 13.9. The number of rotatable bonds is 4. The zero-order valence-electron chi connectivity index (χ0n) is 13.1. The fourth-order valence-corrected chi connectivity index (χ4v) is 4.03. The Kier molecular flexibility index (Phi) is 5.19. The first-order valence-electron chi connectivity index (χ1n) is 7.73. The van der Waals surface area contributed by atoms with Crippen LogP contribution < -0.4 is 4.90 Å². The molecule has 0 N–H and O–H groups in total. The Morgan fingerprint density at radius 3 is 2.55 bits per heavy atom. The van der Waals surface area contributed by atoms with Crippen molar-refractivity contribution in [3.63, 3.8) is 0 Å². The van der Waals surface area contributed by atoms with Crippen LogP contribution in [0.15, 0.2) is 0 Å². The molecule has 0 aromatic carbocycles. The third-order valence-corrected chi connectivity index (χ3v) is 5.37. The molecule has 1 aliphatic rings. The minimum absolute atomic E-state index is 0.315. The summed E-state index contributed by atoms with van der Waals surface area (Å²) in [7, 11) is 0. The largest absolute Gasteiger partial charge is 0.348 e. The van der Waals surface area contributed by atoms with Crippen molar-refractivity contribution >= 4 is 22.8 Å². The van der Waals surface area contributed by atoms with E-state index in [1.165, 1.54) is 19.3 Å². The van der Waals surface area contributed by atoms with Crippen molar-refractivity contribution in [3.8, 4) is 0 Å². The average Bonchev–Trinajstić information content (AvgIpc) is 2.68. The van der Waals surface area contributed by atoms with Gasteiger partial charge in [-0.15, -0.1) is 0 Å². The van der Waals surface area contributed by atoms with Crippen molar-refractivity contribution in [3.05, 3.63) is 10.6 Å². The SMILES string of the molecule is CC(C)c1nc(N2CCCC(C(C)C)CC2)sc1C=O. The summed E-state index contributed by atoms with van der Waals surface area (Å²) in [4.78, 5) is 19.1. The van der Waals surface area contributed by atoms with Crippen LogP contribution in [-0.4, -0.2) is 24.4 Å². The van der Waals surface area contributed by atoms with Gasteiger partial charge in [-0.3, -0.25) is 4.79 Å². The van der Waals surface area contributed by atoms with Crippen LogP contribution in [0.2, 0.25) is 0 Å². The van der Waals surface area contributed by atoms with Crippen LogP contribution in [0.1, 0.15) is 68.2 Å². The molecule has 1 aromatic rings. The maximum absolute atomic E-state index is 11.2. The highest BCUT2D eigenvalue weighted by molar-refractivity contribution is 7.17. The lowest BCUT2D eigenvalue weighted by Gasteiger charge is -2.20. The van der Waals surface area contributed by atoms with Crippen molar-refractivity contribution in [2.45, 2.75) is 52.9 Å². The highest BCUT2D eigenvalue weighted by Gasteiger charge is 2.23. The maximum Gasteiger partial charge on any atom is 0.186 e. The van der Waals surface area contributed by atoms with E-state index in [4.69, 9.17) is 4.98 Å². The van der Waals surface area contributed by atoms with Crippen LogP contribution in [-0.2, 0) is 0 Å². The molecule has 0 bridgehead atoms. The van der Waals surface area contributed by atoms with Gasteiger partial charge < -0.3 is 4.90 Å². The van der Waals surface area contributed by atoms with E-state index in [0.29, 0.717) is 5.92 Å². The normalized spacial score (nSPS) is 20.5. The van der Waals surface area contributed by atoms with Gasteiger partial charge in [-0.1, -0.05) is 39.0 Å². The fourth-order valence-electron chi connectivity index (χ4n) is 2.94. The van der Waals surface area contributed by atoms with E-state index in [2.05, 4.69) is 32.6 Å². The number of hydrogen-bond acceptors (Lipinski definition) is 4. The molecule has 0 saturated carbocycles. The summed E-state index contributed by atoms with van der Waals surface area (Å²) in [5.41, 5.74) is 0.963. The predicted octanol–water partition coefficient (Wildman–Crippen LogP) is 4.34. The molecule has 2 rings (SSSR count). The van der Waals surface area contributed by atoms with Gasteiger partial charge in [0.15, 0.2) is 11.4 Å². The van der Waals surface area contributed by atoms with Crippen LogP contribution in [0.3, 0.4) is 0 Å². The third kappa shape index (κ3) is 3.40. The molecule has 1 saturated heterocycles. The predicted molar refractivity (Wildman–Crippen MR) is 86.0 cm³/mol. The van der Waals surface area contributed by atoms with Crippen molar-refractivity contribution in [1.29, 1.82) is 0 Å². The van der Waals surface area contributed by atoms with Gasteiger partial charge in [0, 0.05) is 13.1 Å². The second-order valence-corrected chi connectivity index (χ2v) is 7.45. The highest BCUT2D eigenvalue weighted by atomic mass is 32.1. The van der Waals surface area contributed by atoms with Crippen LogP contribution in [0, 0.1) is 11.8 Å². The maximum atomic E-state index is 11.2. The molecule has 20 heavy (non-hydrogen) atoms. The number of thiazole rings is 1. The van der Waals surface area contributed by atoms with E-state index in [1.807, 2.05) is 0 Å². The molecule has 3 nitrogen and oxygen atoms in total. The molecule has 1 atom stereocenters. The van der Waals surface area contributed by atoms with Crippen LogP contribution in [0.5, 0.6) is 0 Å². The second-order valence-electron chi connectivity index (χ2n) is 6.44. The molecule has 0 radical (unpaired) electrons. The van der Waals surface area contributed by atoms with Gasteiger partial charge in [0.1, 0.15) is 0 Å². The molecule has 0 aliphatic carbocycles. The molecule has 1 aromatic heterocycles. The first kappa shape index (κ1) is 15.5. The van der Waals surface area contributed by atoms with Gasteiger partial charge in [0.2, 0.25) is 0 Å². The molecule has 2 heterocycles. The quantitative estimate of drug-likeness (QED) is 0.774. The Hall–Kier alpha value is -0.900. The summed E-state index contributed by atoms with van der Waals surface area (Å²) in [6, 6.07) is 0. The van der Waals surface area contributed by atoms with E-state index in [1.54, 1.807) is 11.3 Å². The Morgan fingerprint density at radius 1 is 1.25 bits per heavy atom. The second kappa shape index (κ2) is 6.70. The summed E-state index contributed by atoms with van der Waals surface area (Å²) >= 11 is 1.56. The molecule has 1 aliphatic heterocycles. The van der Waals surface area contributed by atoms with Crippen molar-refractivity contribution in [2.75, 3.05) is 18.0 Å². The van der Waals surface area contributed by atoms with E-state index in [-0.39, 0.29) is 0 Å². The molecular weight excluding hydrogens is 268 g/mol. The number of hydrogen-bond donors (Lipinski definition) is 0. The Bertz CT molecular complexity index is 453. The number of aromatic nitrogens is 1. The first-order chi connectivity index (χ1) is 9.52. The lowest BCUT2D eigenvalue weighted by molar-refractivity contribution is 0.112. The van der Waals surface area contributed by atoms with Gasteiger partial charge in [0.05, 0.1) is 10.6 Å². The molecule has 4 heteroatoms.